The fraction of sp³-hybridized carbons (Fsp3) is 0.417. The lowest BCUT2D eigenvalue weighted by molar-refractivity contribution is -0.142. The van der Waals surface area contributed by atoms with E-state index in [0.29, 0.717) is 17.2 Å². The molecular weight excluding hydrogens is 242 g/mol. The largest absolute Gasteiger partial charge is 0.466 e. The summed E-state index contributed by atoms with van der Waals surface area (Å²) in [7, 11) is 0. The van der Waals surface area contributed by atoms with Gasteiger partial charge in [-0.15, -0.1) is 0 Å². The van der Waals surface area contributed by atoms with E-state index >= 15 is 0 Å². The topological polar surface area (TPSA) is 72.5 Å². The van der Waals surface area contributed by atoms with Crippen LogP contribution in [-0.2, 0) is 16.0 Å². The van der Waals surface area contributed by atoms with Gasteiger partial charge in [0, 0.05) is 5.02 Å². The summed E-state index contributed by atoms with van der Waals surface area (Å²) in [6.07, 6.45) is 0.183. The Balaban J connectivity index is 2.78. The number of esters is 1. The summed E-state index contributed by atoms with van der Waals surface area (Å²) >= 11 is 6.02. The van der Waals surface area contributed by atoms with E-state index in [9.17, 15) is 4.79 Å². The molecule has 0 aliphatic carbocycles. The van der Waals surface area contributed by atoms with Crippen molar-refractivity contribution in [2.24, 2.45) is 5.73 Å². The quantitative estimate of drug-likeness (QED) is 0.783. The number of hydrogen-bond acceptors (Lipinski definition) is 4. The van der Waals surface area contributed by atoms with Crippen LogP contribution < -0.4 is 5.73 Å². The van der Waals surface area contributed by atoms with Gasteiger partial charge in [0.15, 0.2) is 0 Å². The highest BCUT2D eigenvalue weighted by molar-refractivity contribution is 6.31. The van der Waals surface area contributed by atoms with Gasteiger partial charge in [0.05, 0.1) is 25.7 Å². The Bertz CT molecular complexity index is 395. The first-order chi connectivity index (χ1) is 8.08. The second kappa shape index (κ2) is 6.59. The maximum Gasteiger partial charge on any atom is 0.310 e. The number of rotatable bonds is 5. The molecule has 1 aromatic rings. The molecule has 94 valence electrons. The predicted molar refractivity (Wildman–Crippen MR) is 65.8 cm³/mol. The van der Waals surface area contributed by atoms with Crippen molar-refractivity contribution in [2.75, 3.05) is 13.2 Å². The third kappa shape index (κ3) is 4.00. The van der Waals surface area contributed by atoms with Crippen LogP contribution in [-0.4, -0.2) is 24.3 Å². The van der Waals surface area contributed by atoms with Crippen LogP contribution in [0.1, 0.15) is 24.1 Å². The average molecular weight is 258 g/mol. The smallest absolute Gasteiger partial charge is 0.310 e. The minimum absolute atomic E-state index is 0.170. The second-order valence-corrected chi connectivity index (χ2v) is 4.03. The van der Waals surface area contributed by atoms with Crippen LogP contribution in [0.4, 0.5) is 0 Å². The van der Waals surface area contributed by atoms with E-state index in [0.717, 1.165) is 5.56 Å². The van der Waals surface area contributed by atoms with Crippen molar-refractivity contribution in [3.63, 3.8) is 0 Å². The summed E-state index contributed by atoms with van der Waals surface area (Å²) in [5, 5.41) is 9.39. The van der Waals surface area contributed by atoms with Crippen LogP contribution in [0.15, 0.2) is 18.2 Å². The number of halogens is 1. The first kappa shape index (κ1) is 14.0. The highest BCUT2D eigenvalue weighted by atomic mass is 35.5. The third-order valence-corrected chi connectivity index (χ3v) is 2.64. The fourth-order valence-electron chi connectivity index (χ4n) is 1.46. The van der Waals surface area contributed by atoms with Crippen LogP contribution in [0.2, 0.25) is 5.02 Å². The Morgan fingerprint density at radius 1 is 1.59 bits per heavy atom. The van der Waals surface area contributed by atoms with Crippen LogP contribution in [0, 0.1) is 0 Å². The van der Waals surface area contributed by atoms with E-state index in [2.05, 4.69) is 0 Å². The molecule has 0 aliphatic rings. The maximum absolute atomic E-state index is 11.3. The SMILES string of the molecule is CCOC(=O)Cc1ccc([C@H](N)CO)c(Cl)c1. The Labute approximate surface area is 105 Å². The van der Waals surface area contributed by atoms with Crippen molar-refractivity contribution in [1.82, 2.24) is 0 Å². The van der Waals surface area contributed by atoms with Gasteiger partial charge in [-0.1, -0.05) is 23.7 Å². The number of carbonyl (C=O) groups excluding carboxylic acids is 1. The number of benzene rings is 1. The van der Waals surface area contributed by atoms with Crippen molar-refractivity contribution < 1.29 is 14.6 Å². The van der Waals surface area contributed by atoms with E-state index in [1.807, 2.05) is 0 Å². The Morgan fingerprint density at radius 2 is 2.29 bits per heavy atom. The average Bonchev–Trinajstić information content (AvgIpc) is 2.28. The molecule has 3 N–H and O–H groups in total. The monoisotopic (exact) mass is 257 g/mol. The molecular formula is C12H16ClNO3. The van der Waals surface area contributed by atoms with Crippen molar-refractivity contribution in [2.45, 2.75) is 19.4 Å². The Kier molecular flexibility index (Phi) is 5.41. The van der Waals surface area contributed by atoms with Gasteiger partial charge in [-0.2, -0.15) is 0 Å². The molecule has 17 heavy (non-hydrogen) atoms. The molecule has 5 heteroatoms. The zero-order valence-corrected chi connectivity index (χ0v) is 10.4. The maximum atomic E-state index is 11.3. The van der Waals surface area contributed by atoms with Crippen LogP contribution >= 0.6 is 11.6 Å². The van der Waals surface area contributed by atoms with Crippen molar-refractivity contribution in [1.29, 1.82) is 0 Å². The lowest BCUT2D eigenvalue weighted by Gasteiger charge is -2.11. The summed E-state index contributed by atoms with van der Waals surface area (Å²) in [4.78, 5) is 11.3. The number of carbonyl (C=O) groups is 1. The third-order valence-electron chi connectivity index (χ3n) is 2.31. The highest BCUT2D eigenvalue weighted by Crippen LogP contribution is 2.23. The molecule has 0 radical (unpaired) electrons. The van der Waals surface area contributed by atoms with Crippen molar-refractivity contribution >= 4 is 17.6 Å². The van der Waals surface area contributed by atoms with Crippen LogP contribution in [0.5, 0.6) is 0 Å². The Morgan fingerprint density at radius 3 is 2.82 bits per heavy atom. The molecule has 0 amide bonds. The molecule has 1 rings (SSSR count). The van der Waals surface area contributed by atoms with Gasteiger partial charge in [-0.3, -0.25) is 4.79 Å². The molecule has 0 heterocycles. The van der Waals surface area contributed by atoms with Crippen molar-refractivity contribution in [3.05, 3.63) is 34.3 Å². The van der Waals surface area contributed by atoms with Gasteiger partial charge in [0.1, 0.15) is 0 Å². The van der Waals surface area contributed by atoms with E-state index in [-0.39, 0.29) is 19.0 Å². The summed E-state index contributed by atoms with van der Waals surface area (Å²) in [6, 6.07) is 4.65. The first-order valence-electron chi connectivity index (χ1n) is 5.38. The molecule has 0 bridgehead atoms. The number of hydrogen-bond donors (Lipinski definition) is 2. The molecule has 0 saturated heterocycles. The summed E-state index contributed by atoms with van der Waals surface area (Å²) in [6.45, 7) is 1.95. The fourth-order valence-corrected chi connectivity index (χ4v) is 1.80. The summed E-state index contributed by atoms with van der Waals surface area (Å²) in [5.41, 5.74) is 7.10. The van der Waals surface area contributed by atoms with Gasteiger partial charge < -0.3 is 15.6 Å². The van der Waals surface area contributed by atoms with Gasteiger partial charge >= 0.3 is 5.97 Å². The zero-order chi connectivity index (χ0) is 12.8. The Hall–Kier alpha value is -1.10. The number of aliphatic hydroxyl groups excluding tert-OH is 1. The minimum atomic E-state index is -0.501. The second-order valence-electron chi connectivity index (χ2n) is 3.63. The molecule has 0 spiro atoms. The zero-order valence-electron chi connectivity index (χ0n) is 9.65. The molecule has 0 unspecified atom stereocenters. The van der Waals surface area contributed by atoms with Gasteiger partial charge in [0.2, 0.25) is 0 Å². The van der Waals surface area contributed by atoms with Gasteiger partial charge in [-0.25, -0.2) is 0 Å². The van der Waals surface area contributed by atoms with E-state index in [1.165, 1.54) is 0 Å². The number of nitrogens with two attached hydrogens (primary N) is 1. The molecule has 0 saturated carbocycles. The predicted octanol–water partition coefficient (Wildman–Crippen LogP) is 1.44. The lowest BCUT2D eigenvalue weighted by atomic mass is 10.0. The normalized spacial score (nSPS) is 12.2. The standard InChI is InChI=1S/C12H16ClNO3/c1-2-17-12(16)6-8-3-4-9(10(13)5-8)11(14)7-15/h3-5,11,15H,2,6-7,14H2,1H3/t11-/m1/s1. The summed E-state index contributed by atoms with van der Waals surface area (Å²) in [5.74, 6) is -0.289. The molecule has 1 aromatic carbocycles. The summed E-state index contributed by atoms with van der Waals surface area (Å²) < 4.78 is 4.84. The lowest BCUT2D eigenvalue weighted by Crippen LogP contribution is -2.15. The highest BCUT2D eigenvalue weighted by Gasteiger charge is 2.11. The molecule has 4 nitrogen and oxygen atoms in total. The van der Waals surface area contributed by atoms with Crippen molar-refractivity contribution in [3.8, 4) is 0 Å². The molecule has 0 aliphatic heterocycles. The first-order valence-corrected chi connectivity index (χ1v) is 5.76. The van der Waals surface area contributed by atoms with E-state index < -0.39 is 6.04 Å². The number of ether oxygens (including phenoxy) is 1. The molecule has 1 atom stereocenters. The number of aliphatic hydroxyl groups is 1. The van der Waals surface area contributed by atoms with Crippen LogP contribution in [0.3, 0.4) is 0 Å². The molecule has 0 fully saturated rings. The van der Waals surface area contributed by atoms with E-state index in [4.69, 9.17) is 27.2 Å². The van der Waals surface area contributed by atoms with E-state index in [1.54, 1.807) is 25.1 Å². The minimum Gasteiger partial charge on any atom is -0.466 e. The van der Waals surface area contributed by atoms with Gasteiger partial charge in [-0.05, 0) is 24.1 Å². The van der Waals surface area contributed by atoms with Crippen LogP contribution in [0.25, 0.3) is 0 Å². The van der Waals surface area contributed by atoms with Gasteiger partial charge in [0.25, 0.3) is 0 Å². The molecule has 0 aromatic heterocycles.